The summed E-state index contributed by atoms with van der Waals surface area (Å²) >= 11 is 0. The summed E-state index contributed by atoms with van der Waals surface area (Å²) in [6, 6.07) is 11.4. The zero-order valence-corrected chi connectivity index (χ0v) is 22.3. The van der Waals surface area contributed by atoms with E-state index in [1.807, 2.05) is 7.05 Å². The van der Waals surface area contributed by atoms with E-state index in [0.29, 0.717) is 6.04 Å². The fourth-order valence-electron chi connectivity index (χ4n) is 4.58. The number of halogens is 1. The van der Waals surface area contributed by atoms with Gasteiger partial charge in [-0.25, -0.2) is 0 Å². The third-order valence-corrected chi connectivity index (χ3v) is 6.63. The van der Waals surface area contributed by atoms with Gasteiger partial charge in [0, 0.05) is 71.2 Å². The molecule has 2 fully saturated rings. The maximum absolute atomic E-state index is 5.68. The van der Waals surface area contributed by atoms with E-state index in [1.54, 1.807) is 7.11 Å². The van der Waals surface area contributed by atoms with Crippen molar-refractivity contribution < 1.29 is 9.47 Å². The molecule has 0 spiro atoms. The fraction of sp³-hybridized carbons (Fsp3) is 0.708. The monoisotopic (exact) mass is 559 g/mol. The molecular formula is C24H42IN5O2. The van der Waals surface area contributed by atoms with Crippen LogP contribution < -0.4 is 16.0 Å². The van der Waals surface area contributed by atoms with Gasteiger partial charge in [-0.2, -0.15) is 0 Å². The van der Waals surface area contributed by atoms with Crippen LogP contribution in [0.15, 0.2) is 35.3 Å². The normalized spacial score (nSPS) is 20.9. The summed E-state index contributed by atoms with van der Waals surface area (Å²) in [5.74, 6) is 0.898. The summed E-state index contributed by atoms with van der Waals surface area (Å²) in [6.45, 7) is 8.71. The van der Waals surface area contributed by atoms with Gasteiger partial charge in [0.15, 0.2) is 5.96 Å². The van der Waals surface area contributed by atoms with E-state index in [9.17, 15) is 0 Å². The molecule has 2 saturated heterocycles. The standard InChI is InChI=1S/C24H41N5O2.HI/c1-20(21-7-5-4-6-8-21)28-24(11-16-31-17-12-24)19-26-23(25-2)27-22-9-13-29(14-10-22)15-18-30-3;/h4-8,20,22,28H,9-19H2,1-3H3,(H2,25,26,27);1H. The van der Waals surface area contributed by atoms with Crippen LogP contribution in [-0.2, 0) is 9.47 Å². The van der Waals surface area contributed by atoms with E-state index >= 15 is 0 Å². The van der Waals surface area contributed by atoms with Crippen molar-refractivity contribution in [2.75, 3.05) is 60.2 Å². The number of benzene rings is 1. The zero-order valence-electron chi connectivity index (χ0n) is 19.9. The summed E-state index contributed by atoms with van der Waals surface area (Å²) in [4.78, 5) is 6.98. The summed E-state index contributed by atoms with van der Waals surface area (Å²) in [7, 11) is 3.63. The van der Waals surface area contributed by atoms with Gasteiger partial charge in [0.2, 0.25) is 0 Å². The first kappa shape index (κ1) is 27.3. The quantitative estimate of drug-likeness (QED) is 0.246. The summed E-state index contributed by atoms with van der Waals surface area (Å²) < 4.78 is 10.9. The van der Waals surface area contributed by atoms with Crippen LogP contribution in [0, 0.1) is 0 Å². The average Bonchev–Trinajstić information content (AvgIpc) is 2.82. The summed E-state index contributed by atoms with van der Waals surface area (Å²) in [6.07, 6.45) is 4.25. The topological polar surface area (TPSA) is 70.2 Å². The molecule has 0 bridgehead atoms. The van der Waals surface area contributed by atoms with Crippen LogP contribution in [0.5, 0.6) is 0 Å². The van der Waals surface area contributed by atoms with Gasteiger partial charge in [0.25, 0.3) is 0 Å². The molecular weight excluding hydrogens is 517 g/mol. The number of hydrogen-bond donors (Lipinski definition) is 3. The van der Waals surface area contributed by atoms with E-state index < -0.39 is 0 Å². The molecule has 0 amide bonds. The molecule has 2 aliphatic heterocycles. The van der Waals surface area contributed by atoms with E-state index in [0.717, 1.165) is 77.6 Å². The van der Waals surface area contributed by atoms with E-state index in [-0.39, 0.29) is 35.6 Å². The number of aliphatic imine (C=N–C) groups is 1. The Morgan fingerprint density at radius 3 is 2.53 bits per heavy atom. The third-order valence-electron chi connectivity index (χ3n) is 6.63. The van der Waals surface area contributed by atoms with Crippen LogP contribution in [0.4, 0.5) is 0 Å². The van der Waals surface area contributed by atoms with Crippen LogP contribution in [-0.4, -0.2) is 82.6 Å². The maximum Gasteiger partial charge on any atom is 0.191 e. The van der Waals surface area contributed by atoms with Crippen molar-refractivity contribution >= 4 is 29.9 Å². The van der Waals surface area contributed by atoms with Gasteiger partial charge in [0.1, 0.15) is 0 Å². The molecule has 0 radical (unpaired) electrons. The molecule has 0 aromatic heterocycles. The highest BCUT2D eigenvalue weighted by atomic mass is 127. The Morgan fingerprint density at radius 2 is 1.91 bits per heavy atom. The van der Waals surface area contributed by atoms with Crippen molar-refractivity contribution in [2.45, 2.75) is 50.2 Å². The molecule has 7 nitrogen and oxygen atoms in total. The summed E-state index contributed by atoms with van der Waals surface area (Å²) in [5.41, 5.74) is 1.31. The number of piperidine rings is 1. The Bertz CT molecular complexity index is 662. The van der Waals surface area contributed by atoms with Crippen LogP contribution in [0.25, 0.3) is 0 Å². The number of hydrogen-bond acceptors (Lipinski definition) is 5. The number of guanidine groups is 1. The first-order valence-corrected chi connectivity index (χ1v) is 11.7. The van der Waals surface area contributed by atoms with Crippen LogP contribution in [0.1, 0.15) is 44.2 Å². The Morgan fingerprint density at radius 1 is 1.22 bits per heavy atom. The van der Waals surface area contributed by atoms with E-state index in [1.165, 1.54) is 5.56 Å². The molecule has 2 heterocycles. The van der Waals surface area contributed by atoms with Gasteiger partial charge >= 0.3 is 0 Å². The number of nitrogens with zero attached hydrogens (tertiary/aromatic N) is 2. The second kappa shape index (κ2) is 14.3. The van der Waals surface area contributed by atoms with Gasteiger partial charge in [-0.15, -0.1) is 24.0 Å². The van der Waals surface area contributed by atoms with Gasteiger partial charge < -0.3 is 30.3 Å². The highest BCUT2D eigenvalue weighted by molar-refractivity contribution is 14.0. The number of ether oxygens (including phenoxy) is 2. The lowest BCUT2D eigenvalue weighted by molar-refractivity contribution is 0.0354. The first-order valence-electron chi connectivity index (χ1n) is 11.7. The average molecular weight is 560 g/mol. The first-order chi connectivity index (χ1) is 15.1. The predicted molar refractivity (Wildman–Crippen MR) is 142 cm³/mol. The van der Waals surface area contributed by atoms with Gasteiger partial charge in [0.05, 0.1) is 6.61 Å². The SMILES string of the molecule is CN=C(NCC1(NC(C)c2ccccc2)CCOCC1)NC1CCN(CCOC)CC1.I. The molecule has 3 N–H and O–H groups in total. The van der Waals surface area contributed by atoms with Gasteiger partial charge in [-0.3, -0.25) is 4.99 Å². The lowest BCUT2D eigenvalue weighted by atomic mass is 9.88. The number of methoxy groups -OCH3 is 1. The lowest BCUT2D eigenvalue weighted by Crippen LogP contribution is -2.59. The second-order valence-electron chi connectivity index (χ2n) is 8.85. The Hall–Kier alpha value is -0.940. The number of nitrogens with one attached hydrogen (secondary N) is 3. The highest BCUT2D eigenvalue weighted by Gasteiger charge is 2.34. The van der Waals surface area contributed by atoms with Crippen molar-refractivity contribution in [2.24, 2.45) is 4.99 Å². The minimum atomic E-state index is -0.00531. The molecule has 1 unspecified atom stereocenters. The van der Waals surface area contributed by atoms with E-state index in [4.69, 9.17) is 9.47 Å². The third kappa shape index (κ3) is 8.44. The number of likely N-dealkylation sites (tertiary alicyclic amines) is 1. The van der Waals surface area contributed by atoms with Crippen molar-refractivity contribution in [3.05, 3.63) is 35.9 Å². The van der Waals surface area contributed by atoms with Gasteiger partial charge in [-0.1, -0.05) is 30.3 Å². The van der Waals surface area contributed by atoms with Gasteiger partial charge in [-0.05, 0) is 38.2 Å². The zero-order chi connectivity index (χ0) is 21.9. The molecule has 0 saturated carbocycles. The Kier molecular flexibility index (Phi) is 12.2. The molecule has 8 heteroatoms. The van der Waals surface area contributed by atoms with Crippen molar-refractivity contribution in [1.29, 1.82) is 0 Å². The second-order valence-corrected chi connectivity index (χ2v) is 8.85. The fourth-order valence-corrected chi connectivity index (χ4v) is 4.58. The number of rotatable bonds is 9. The molecule has 32 heavy (non-hydrogen) atoms. The largest absolute Gasteiger partial charge is 0.383 e. The highest BCUT2D eigenvalue weighted by Crippen LogP contribution is 2.25. The smallest absolute Gasteiger partial charge is 0.191 e. The van der Waals surface area contributed by atoms with Crippen LogP contribution >= 0.6 is 24.0 Å². The van der Waals surface area contributed by atoms with Crippen LogP contribution in [0.3, 0.4) is 0 Å². The van der Waals surface area contributed by atoms with E-state index in [2.05, 4.69) is 63.1 Å². The van der Waals surface area contributed by atoms with Crippen LogP contribution in [0.2, 0.25) is 0 Å². The Labute approximate surface area is 211 Å². The minimum absolute atomic E-state index is 0. The summed E-state index contributed by atoms with van der Waals surface area (Å²) in [5, 5.41) is 11.2. The molecule has 182 valence electrons. The molecule has 3 rings (SSSR count). The molecule has 2 aliphatic rings. The van der Waals surface area contributed by atoms with Crippen molar-refractivity contribution in [3.63, 3.8) is 0 Å². The molecule has 1 atom stereocenters. The maximum atomic E-state index is 5.68. The van der Waals surface area contributed by atoms with Crippen molar-refractivity contribution in [3.8, 4) is 0 Å². The Balaban J connectivity index is 0.00000363. The minimum Gasteiger partial charge on any atom is -0.383 e. The predicted octanol–water partition coefficient (Wildman–Crippen LogP) is 2.78. The molecule has 0 aliphatic carbocycles. The lowest BCUT2D eigenvalue weighted by Gasteiger charge is -2.41. The van der Waals surface area contributed by atoms with Crippen molar-refractivity contribution in [1.82, 2.24) is 20.9 Å². The molecule has 1 aromatic carbocycles. The molecule has 1 aromatic rings.